The minimum Gasteiger partial charge on any atom is -0.481 e. The molecule has 7 nitrogen and oxygen atoms in total. The summed E-state index contributed by atoms with van der Waals surface area (Å²) in [7, 11) is 0. The van der Waals surface area contributed by atoms with Gasteiger partial charge in [-0.3, -0.25) is 9.69 Å². The summed E-state index contributed by atoms with van der Waals surface area (Å²) in [5, 5.41) is 11.6. The van der Waals surface area contributed by atoms with E-state index in [1.165, 1.54) is 38.4 Å². The molecule has 0 radical (unpaired) electrons. The number of aliphatic carboxylic acids is 1. The van der Waals surface area contributed by atoms with E-state index in [0.717, 1.165) is 70.4 Å². The second kappa shape index (κ2) is 12.8. The molecule has 0 aromatic carbocycles. The van der Waals surface area contributed by atoms with E-state index in [9.17, 15) is 14.7 Å². The molecule has 0 amide bonds. The number of ether oxygens (including phenoxy) is 2. The van der Waals surface area contributed by atoms with Crippen LogP contribution < -0.4 is 0 Å². The van der Waals surface area contributed by atoms with Gasteiger partial charge in [-0.2, -0.15) is 0 Å². The van der Waals surface area contributed by atoms with Crippen LogP contribution in [0.3, 0.4) is 0 Å². The van der Waals surface area contributed by atoms with E-state index in [2.05, 4.69) is 57.4 Å². The monoisotopic (exact) mass is 652 g/mol. The van der Waals surface area contributed by atoms with Crippen LogP contribution in [0.5, 0.6) is 0 Å². The number of unbranched alkanes of at least 4 members (excludes halogenated alkanes) is 2. The maximum absolute atomic E-state index is 14.1. The van der Waals surface area contributed by atoms with Crippen LogP contribution >= 0.6 is 0 Å². The molecule has 0 aromatic rings. The molecular formula is C40H64N2O5. The fourth-order valence-electron chi connectivity index (χ4n) is 13.4. The van der Waals surface area contributed by atoms with Crippen LogP contribution in [-0.4, -0.2) is 90.3 Å². The first-order chi connectivity index (χ1) is 22.5. The van der Waals surface area contributed by atoms with Gasteiger partial charge in [-0.1, -0.05) is 65.0 Å². The van der Waals surface area contributed by atoms with E-state index in [-0.39, 0.29) is 30.0 Å². The Bertz CT molecular complexity index is 1200. The Morgan fingerprint density at radius 3 is 2.40 bits per heavy atom. The van der Waals surface area contributed by atoms with Crippen LogP contribution in [0.15, 0.2) is 11.6 Å². The smallest absolute Gasteiger partial charge is 0.315 e. The zero-order chi connectivity index (χ0) is 33.3. The molecule has 1 N–H and O–H groups in total. The Balaban J connectivity index is 1.17. The number of aldehydes is 1. The Morgan fingerprint density at radius 1 is 1.04 bits per heavy atom. The van der Waals surface area contributed by atoms with E-state index < -0.39 is 22.2 Å². The first-order valence-electron chi connectivity index (χ1n) is 19.7. The number of allylic oxidation sites excluding steroid dienone is 1. The minimum atomic E-state index is -1.15. The Morgan fingerprint density at radius 2 is 1.77 bits per heavy atom. The van der Waals surface area contributed by atoms with Gasteiger partial charge in [0.05, 0.1) is 29.8 Å². The number of carboxylic acid groups (broad SMARTS) is 1. The minimum absolute atomic E-state index is 0.0989. The third-order valence-electron chi connectivity index (χ3n) is 15.1. The molecule has 47 heavy (non-hydrogen) atoms. The normalized spacial score (nSPS) is 47.0. The Hall–Kier alpha value is -1.28. The molecule has 6 fully saturated rings. The number of carbonyl (C=O) groups excluding carboxylic acids is 1. The molecule has 7 aliphatic rings. The van der Waals surface area contributed by atoms with Crippen LogP contribution in [-0.2, 0) is 19.1 Å². The lowest BCUT2D eigenvalue weighted by molar-refractivity contribution is -0.197. The van der Waals surface area contributed by atoms with Crippen molar-refractivity contribution >= 4 is 12.3 Å². The number of carboxylic acids is 1. The van der Waals surface area contributed by atoms with Gasteiger partial charge in [0.15, 0.2) is 0 Å². The van der Waals surface area contributed by atoms with Crippen molar-refractivity contribution in [3.63, 3.8) is 0 Å². The SMILES string of the molecule is CCCCCC1CC(C23C[C@@H]4[C@H](C)CC[C@H]4C4(C=O)CC2C=C(C(C)C)C34C(=O)O)OC1CN1CCC(N2C[C@@H](C)O[C@@H](C)C2)CC1. The molecule has 3 saturated carbocycles. The molecular weight excluding hydrogens is 588 g/mol. The van der Waals surface area contributed by atoms with Crippen molar-refractivity contribution in [2.45, 2.75) is 143 Å². The van der Waals surface area contributed by atoms with Gasteiger partial charge >= 0.3 is 5.97 Å². The lowest BCUT2D eigenvalue weighted by Crippen LogP contribution is -2.65. The van der Waals surface area contributed by atoms with Crippen molar-refractivity contribution in [3.8, 4) is 0 Å². The van der Waals surface area contributed by atoms with Crippen LogP contribution in [0.1, 0.15) is 112 Å². The molecule has 7 heteroatoms. The van der Waals surface area contributed by atoms with E-state index in [4.69, 9.17) is 9.47 Å². The van der Waals surface area contributed by atoms with Crippen molar-refractivity contribution < 1.29 is 24.2 Å². The van der Waals surface area contributed by atoms with E-state index in [1.54, 1.807) is 0 Å². The highest BCUT2D eigenvalue weighted by Gasteiger charge is 2.86. The van der Waals surface area contributed by atoms with Gasteiger partial charge in [0, 0.05) is 31.1 Å². The van der Waals surface area contributed by atoms with Gasteiger partial charge in [0.1, 0.15) is 11.7 Å². The average molecular weight is 653 g/mol. The molecule has 3 heterocycles. The first kappa shape index (κ1) is 34.2. The number of fused-ring (bicyclic) bond motifs is 2. The van der Waals surface area contributed by atoms with Crippen molar-refractivity contribution in [2.24, 2.45) is 51.8 Å². The van der Waals surface area contributed by atoms with Crippen LogP contribution in [0.2, 0.25) is 0 Å². The second-order valence-corrected chi connectivity index (χ2v) is 17.8. The van der Waals surface area contributed by atoms with Gasteiger partial charge in [0.2, 0.25) is 0 Å². The van der Waals surface area contributed by atoms with E-state index >= 15 is 0 Å². The maximum Gasteiger partial charge on any atom is 0.315 e. The van der Waals surface area contributed by atoms with Crippen LogP contribution in [0, 0.1) is 51.8 Å². The summed E-state index contributed by atoms with van der Waals surface area (Å²) >= 11 is 0. The van der Waals surface area contributed by atoms with Crippen LogP contribution in [0.4, 0.5) is 0 Å². The third kappa shape index (κ3) is 5.00. The zero-order valence-electron chi connectivity index (χ0n) is 30.3. The highest BCUT2D eigenvalue weighted by atomic mass is 16.5. The topological polar surface area (TPSA) is 79.3 Å². The number of hydrogen-bond acceptors (Lipinski definition) is 6. The second-order valence-electron chi connectivity index (χ2n) is 17.8. The summed E-state index contributed by atoms with van der Waals surface area (Å²) in [6.07, 6.45) is 16.0. The lowest BCUT2D eigenvalue weighted by atomic mass is 9.41. The molecule has 7 unspecified atom stereocenters. The van der Waals surface area contributed by atoms with Gasteiger partial charge in [-0.05, 0) is 107 Å². The molecule has 3 aliphatic heterocycles. The standard InChI is InChI=1S/C40H64N2O5/c1-7-8-9-10-29-17-36(47-35(29)23-41-15-13-31(14-16-41)42-21-27(5)46-28(6)22-42)39-20-32-26(4)11-12-33(32)38(24-43)19-30(39)18-34(25(2)3)40(38,39)37(44)45/h18,24-33,35-36H,7-17,19-23H2,1-6H3,(H,44,45)/t26-,27-,28+,29?,30?,32-,33-,35?,36?,38?,39?,40?/m1/s1. The Kier molecular flexibility index (Phi) is 9.31. The molecule has 4 aliphatic carbocycles. The highest BCUT2D eigenvalue weighted by Crippen LogP contribution is 2.84. The number of rotatable bonds is 11. The molecule has 4 bridgehead atoms. The zero-order valence-corrected chi connectivity index (χ0v) is 30.3. The molecule has 0 aromatic heterocycles. The summed E-state index contributed by atoms with van der Waals surface area (Å²) in [5.74, 6) is 1.01. The van der Waals surface area contributed by atoms with Crippen molar-refractivity contribution in [2.75, 3.05) is 32.7 Å². The molecule has 3 saturated heterocycles. The van der Waals surface area contributed by atoms with Crippen molar-refractivity contribution in [1.29, 1.82) is 0 Å². The molecule has 7 rings (SSSR count). The third-order valence-corrected chi connectivity index (χ3v) is 15.1. The van der Waals surface area contributed by atoms with E-state index in [0.29, 0.717) is 42.4 Å². The lowest BCUT2D eigenvalue weighted by Gasteiger charge is -2.60. The fraction of sp³-hybridized carbons (Fsp3) is 0.900. The fourth-order valence-corrected chi connectivity index (χ4v) is 13.4. The first-order valence-corrected chi connectivity index (χ1v) is 19.7. The summed E-state index contributed by atoms with van der Waals surface area (Å²) < 4.78 is 13.4. The number of hydrogen-bond donors (Lipinski definition) is 1. The molecule has 264 valence electrons. The van der Waals surface area contributed by atoms with Gasteiger partial charge in [0.25, 0.3) is 0 Å². The predicted octanol–water partition coefficient (Wildman–Crippen LogP) is 6.84. The number of nitrogens with zero attached hydrogens (tertiary/aromatic N) is 2. The summed E-state index contributed by atoms with van der Waals surface area (Å²) in [4.78, 5) is 33.1. The van der Waals surface area contributed by atoms with Crippen molar-refractivity contribution in [1.82, 2.24) is 9.80 Å². The maximum atomic E-state index is 14.1. The molecule has 12 atom stereocenters. The van der Waals surface area contributed by atoms with E-state index in [1.807, 2.05) is 0 Å². The largest absolute Gasteiger partial charge is 0.481 e. The van der Waals surface area contributed by atoms with Gasteiger partial charge in [-0.25, -0.2) is 0 Å². The quantitative estimate of drug-likeness (QED) is 0.149. The Labute approximate surface area is 284 Å². The number of carbonyl (C=O) groups is 2. The average Bonchev–Trinajstić information content (AvgIpc) is 3.74. The number of likely N-dealkylation sites (tertiary alicyclic amines) is 1. The molecule has 0 spiro atoms. The number of morpholine rings is 1. The van der Waals surface area contributed by atoms with Gasteiger partial charge in [-0.15, -0.1) is 0 Å². The number of piperidine rings is 1. The van der Waals surface area contributed by atoms with Crippen molar-refractivity contribution in [3.05, 3.63) is 11.6 Å². The summed E-state index contributed by atoms with van der Waals surface area (Å²) in [6.45, 7) is 18.6. The summed E-state index contributed by atoms with van der Waals surface area (Å²) in [6, 6.07) is 0.627. The van der Waals surface area contributed by atoms with Crippen LogP contribution in [0.25, 0.3) is 0 Å². The van der Waals surface area contributed by atoms with Gasteiger partial charge < -0.3 is 24.3 Å². The highest BCUT2D eigenvalue weighted by molar-refractivity contribution is 5.90. The summed E-state index contributed by atoms with van der Waals surface area (Å²) in [5.41, 5.74) is -1.46. The predicted molar refractivity (Wildman–Crippen MR) is 184 cm³/mol.